The number of amides is 1. The van der Waals surface area contributed by atoms with Crippen molar-refractivity contribution in [2.75, 3.05) is 12.4 Å². The van der Waals surface area contributed by atoms with E-state index in [9.17, 15) is 4.79 Å². The summed E-state index contributed by atoms with van der Waals surface area (Å²) in [5, 5.41) is 2.82. The van der Waals surface area contributed by atoms with Crippen LogP contribution < -0.4 is 9.88 Å². The first-order valence-corrected chi connectivity index (χ1v) is 16.1. The van der Waals surface area contributed by atoms with E-state index in [1.807, 2.05) is 12.1 Å². The molecule has 0 aliphatic carbocycles. The highest BCUT2D eigenvalue weighted by atomic mass is 16.5. The molecule has 6 nitrogen and oxygen atoms in total. The van der Waals surface area contributed by atoms with Gasteiger partial charge in [-0.15, -0.1) is 0 Å². The number of methoxy groups -OCH3 is 1. The summed E-state index contributed by atoms with van der Waals surface area (Å²) in [5.74, 6) is 2.94. The lowest BCUT2D eigenvalue weighted by Crippen LogP contribution is -2.43. The molecule has 6 heteroatoms. The van der Waals surface area contributed by atoms with Gasteiger partial charge in [-0.05, 0) is 79.3 Å². The molecule has 42 heavy (non-hydrogen) atoms. The van der Waals surface area contributed by atoms with E-state index in [4.69, 9.17) is 9.73 Å². The smallest absolute Gasteiger partial charge is 0.345 e. The summed E-state index contributed by atoms with van der Waals surface area (Å²) in [4.78, 5) is 16.3. The van der Waals surface area contributed by atoms with Crippen LogP contribution in [0.25, 0.3) is 0 Å². The lowest BCUT2D eigenvalue weighted by molar-refractivity contribution is -0.704. The first-order chi connectivity index (χ1) is 20.4. The molecule has 2 unspecified atom stereocenters. The largest absolute Gasteiger partial charge is 0.475 e. The number of nitrogens with zero attached hydrogens (tertiary/aromatic N) is 3. The van der Waals surface area contributed by atoms with Crippen molar-refractivity contribution in [3.8, 4) is 0 Å². The van der Waals surface area contributed by atoms with Gasteiger partial charge in [-0.1, -0.05) is 77.6 Å². The Hall–Kier alpha value is -3.41. The Morgan fingerprint density at radius 1 is 0.905 bits per heavy atom. The standard InChI is InChI=1S/C36H52N4O2/c1-7-11-13-29(9-3)26-39-23-24-40(27-30(10-4)14-12-8-2)36(39)35(42-6)38-34-21-17-32(18-22-34)25-31-15-19-33(20-16-31)37-28(5)41/h15-24,29-30H,7-14,25-27H2,1-6H3/p+1. The number of carbonyl (C=O) groups is 1. The third kappa shape index (κ3) is 10.1. The van der Waals surface area contributed by atoms with Crippen LogP contribution in [0, 0.1) is 11.8 Å². The van der Waals surface area contributed by atoms with E-state index in [1.165, 1.54) is 69.4 Å². The maximum absolute atomic E-state index is 11.3. The Labute approximate surface area is 254 Å². The summed E-state index contributed by atoms with van der Waals surface area (Å²) in [6, 6.07) is 16.4. The van der Waals surface area contributed by atoms with Crippen molar-refractivity contribution in [3.63, 3.8) is 0 Å². The number of ether oxygens (including phenoxy) is 1. The van der Waals surface area contributed by atoms with Gasteiger partial charge in [0.1, 0.15) is 12.4 Å². The van der Waals surface area contributed by atoms with E-state index >= 15 is 0 Å². The second-order valence-electron chi connectivity index (χ2n) is 11.6. The summed E-state index contributed by atoms with van der Waals surface area (Å²) in [7, 11) is 1.74. The Balaban J connectivity index is 1.86. The van der Waals surface area contributed by atoms with Crippen molar-refractivity contribution in [3.05, 3.63) is 77.9 Å². The van der Waals surface area contributed by atoms with Gasteiger partial charge >= 0.3 is 11.7 Å². The number of imidazole rings is 1. The molecular weight excluding hydrogens is 520 g/mol. The van der Waals surface area contributed by atoms with E-state index in [1.54, 1.807) is 7.11 Å². The number of hydrogen-bond donors (Lipinski definition) is 1. The van der Waals surface area contributed by atoms with Gasteiger partial charge in [0.25, 0.3) is 0 Å². The second kappa shape index (κ2) is 17.5. The van der Waals surface area contributed by atoms with E-state index < -0.39 is 0 Å². The topological polar surface area (TPSA) is 59.5 Å². The molecule has 0 radical (unpaired) electrons. The molecule has 2 aromatic carbocycles. The SMILES string of the molecule is CCCCC(CC)Cn1cc[n+](CC(CC)CCCC)c1C(=Nc1ccc(Cc2ccc(NC(C)=O)cc2)cc1)OC. The summed E-state index contributed by atoms with van der Waals surface area (Å²) < 4.78 is 10.8. The molecule has 1 N–H and O–H groups in total. The second-order valence-corrected chi connectivity index (χ2v) is 11.6. The molecule has 2 atom stereocenters. The Morgan fingerprint density at radius 2 is 1.50 bits per heavy atom. The molecule has 1 heterocycles. The molecule has 0 saturated heterocycles. The first kappa shape index (κ1) is 33.1. The normalized spacial score (nSPS) is 13.1. The van der Waals surface area contributed by atoms with Crippen molar-refractivity contribution in [1.29, 1.82) is 0 Å². The van der Waals surface area contributed by atoms with Gasteiger partial charge < -0.3 is 10.1 Å². The monoisotopic (exact) mass is 573 g/mol. The maximum atomic E-state index is 11.3. The predicted molar refractivity (Wildman–Crippen MR) is 174 cm³/mol. The van der Waals surface area contributed by atoms with Crippen molar-refractivity contribution in [2.24, 2.45) is 16.8 Å². The molecule has 0 saturated carbocycles. The van der Waals surface area contributed by atoms with Gasteiger partial charge in [0.2, 0.25) is 5.91 Å². The van der Waals surface area contributed by atoms with Gasteiger partial charge in [-0.3, -0.25) is 4.79 Å². The van der Waals surface area contributed by atoms with Crippen LogP contribution in [0.3, 0.4) is 0 Å². The Morgan fingerprint density at radius 3 is 2.05 bits per heavy atom. The fourth-order valence-electron chi connectivity index (χ4n) is 5.54. The molecule has 0 spiro atoms. The quantitative estimate of drug-likeness (QED) is 0.1000. The molecule has 1 aromatic heterocycles. The number of rotatable bonds is 17. The van der Waals surface area contributed by atoms with Crippen LogP contribution in [0.5, 0.6) is 0 Å². The lowest BCUT2D eigenvalue weighted by Gasteiger charge is -2.16. The van der Waals surface area contributed by atoms with Crippen molar-refractivity contribution in [1.82, 2.24) is 4.57 Å². The van der Waals surface area contributed by atoms with E-state index in [0.717, 1.165) is 36.7 Å². The third-order valence-corrected chi connectivity index (χ3v) is 8.20. The molecule has 0 aliphatic heterocycles. The number of nitrogens with one attached hydrogen (secondary N) is 1. The van der Waals surface area contributed by atoms with E-state index in [0.29, 0.717) is 17.7 Å². The zero-order chi connectivity index (χ0) is 30.3. The average molecular weight is 574 g/mol. The zero-order valence-electron chi connectivity index (χ0n) is 26.9. The Bertz CT molecular complexity index is 1210. The van der Waals surface area contributed by atoms with Crippen LogP contribution >= 0.6 is 0 Å². The first-order valence-electron chi connectivity index (χ1n) is 16.1. The minimum atomic E-state index is -0.0598. The fourth-order valence-corrected chi connectivity index (χ4v) is 5.54. The third-order valence-electron chi connectivity index (χ3n) is 8.20. The van der Waals surface area contributed by atoms with Crippen LogP contribution in [0.15, 0.2) is 65.9 Å². The molecule has 0 bridgehead atoms. The van der Waals surface area contributed by atoms with Crippen molar-refractivity contribution < 1.29 is 14.1 Å². The number of benzene rings is 2. The van der Waals surface area contributed by atoms with Crippen molar-refractivity contribution in [2.45, 2.75) is 105 Å². The van der Waals surface area contributed by atoms with Crippen LogP contribution in [-0.4, -0.2) is 23.5 Å². The van der Waals surface area contributed by atoms with Crippen LogP contribution in [0.4, 0.5) is 11.4 Å². The number of aliphatic imine (C=N–C) groups is 1. The minimum Gasteiger partial charge on any atom is -0.475 e. The number of aromatic nitrogens is 2. The lowest BCUT2D eigenvalue weighted by atomic mass is 9.99. The molecule has 3 aromatic rings. The fraction of sp³-hybridized carbons (Fsp3) is 0.528. The highest BCUT2D eigenvalue weighted by Gasteiger charge is 2.28. The number of hydrogen-bond acceptors (Lipinski definition) is 3. The molecule has 228 valence electrons. The van der Waals surface area contributed by atoms with Gasteiger partial charge in [0.15, 0.2) is 0 Å². The predicted octanol–water partition coefficient (Wildman–Crippen LogP) is 8.48. The summed E-state index contributed by atoms with van der Waals surface area (Å²) in [5.41, 5.74) is 4.10. The molecule has 1 amide bonds. The van der Waals surface area contributed by atoms with E-state index in [2.05, 4.69) is 90.9 Å². The molecule has 3 rings (SSSR count). The van der Waals surface area contributed by atoms with E-state index in [-0.39, 0.29) is 5.91 Å². The van der Waals surface area contributed by atoms with Crippen LogP contribution in [-0.2, 0) is 29.0 Å². The summed E-state index contributed by atoms with van der Waals surface area (Å²) in [6.45, 7) is 12.6. The van der Waals surface area contributed by atoms with Gasteiger partial charge in [-0.2, -0.15) is 0 Å². The van der Waals surface area contributed by atoms with Crippen LogP contribution in [0.2, 0.25) is 0 Å². The molecular formula is C36H53N4O2+. The highest BCUT2D eigenvalue weighted by molar-refractivity contribution is 5.91. The number of unbranched alkanes of at least 4 members (excludes halogenated alkanes) is 2. The van der Waals surface area contributed by atoms with Gasteiger partial charge in [-0.25, -0.2) is 14.1 Å². The van der Waals surface area contributed by atoms with Crippen molar-refractivity contribution >= 4 is 23.2 Å². The maximum Gasteiger partial charge on any atom is 0.345 e. The molecule has 0 fully saturated rings. The zero-order valence-corrected chi connectivity index (χ0v) is 26.9. The Kier molecular flexibility index (Phi) is 13.8. The highest BCUT2D eigenvalue weighted by Crippen LogP contribution is 2.21. The van der Waals surface area contributed by atoms with Gasteiger partial charge in [0.05, 0.1) is 25.9 Å². The van der Waals surface area contributed by atoms with Crippen LogP contribution in [0.1, 0.15) is 103 Å². The minimum absolute atomic E-state index is 0.0598. The summed E-state index contributed by atoms with van der Waals surface area (Å²) in [6.07, 6.45) is 15.1. The summed E-state index contributed by atoms with van der Waals surface area (Å²) >= 11 is 0. The van der Waals surface area contributed by atoms with Gasteiger partial charge in [0, 0.05) is 12.6 Å². The average Bonchev–Trinajstić information content (AvgIpc) is 3.38. The molecule has 0 aliphatic rings. The number of carbonyl (C=O) groups excluding carboxylic acids is 1. The number of anilines is 1.